The minimum Gasteiger partial charge on any atom is -0.376 e. The van der Waals surface area contributed by atoms with Crippen LogP contribution < -0.4 is 10.6 Å². The van der Waals surface area contributed by atoms with Gasteiger partial charge in [-0.1, -0.05) is 12.1 Å². The van der Waals surface area contributed by atoms with Crippen LogP contribution in [0.1, 0.15) is 39.5 Å². The average molecular weight is 389 g/mol. The van der Waals surface area contributed by atoms with E-state index in [9.17, 15) is 9.59 Å². The van der Waals surface area contributed by atoms with Crippen molar-refractivity contribution in [2.45, 2.75) is 18.9 Å². The summed E-state index contributed by atoms with van der Waals surface area (Å²) >= 11 is 0. The molecule has 2 aromatic heterocycles. The van der Waals surface area contributed by atoms with E-state index in [1.54, 1.807) is 53.1 Å². The molecule has 1 saturated heterocycles. The quantitative estimate of drug-likeness (QED) is 0.696. The summed E-state index contributed by atoms with van der Waals surface area (Å²) in [5.74, 6) is -0.691. The number of ether oxygens (including phenoxy) is 1. The second kappa shape index (κ2) is 8.12. The molecule has 1 aromatic carbocycles. The van der Waals surface area contributed by atoms with Crippen LogP contribution in [0, 0.1) is 11.3 Å². The Kier molecular flexibility index (Phi) is 5.22. The molecule has 1 aliphatic heterocycles. The minimum atomic E-state index is -0.457. The van der Waals surface area contributed by atoms with Crippen LogP contribution in [-0.2, 0) is 4.74 Å². The zero-order valence-electron chi connectivity index (χ0n) is 15.6. The van der Waals surface area contributed by atoms with Crippen molar-refractivity contribution in [2.24, 2.45) is 0 Å². The number of rotatable bonds is 5. The van der Waals surface area contributed by atoms with Crippen molar-refractivity contribution in [3.63, 3.8) is 0 Å². The van der Waals surface area contributed by atoms with E-state index in [0.29, 0.717) is 29.9 Å². The number of hydrogen-bond donors (Lipinski definition) is 2. The molecule has 8 heteroatoms. The molecule has 0 spiro atoms. The molecule has 146 valence electrons. The van der Waals surface area contributed by atoms with Crippen LogP contribution in [0.3, 0.4) is 0 Å². The maximum Gasteiger partial charge on any atom is 0.287 e. The molecule has 0 radical (unpaired) electrons. The lowest BCUT2D eigenvalue weighted by Crippen LogP contribution is -2.33. The topological polar surface area (TPSA) is 109 Å². The maximum atomic E-state index is 12.8. The summed E-state index contributed by atoms with van der Waals surface area (Å²) in [5.41, 5.74) is 1.57. The van der Waals surface area contributed by atoms with E-state index in [0.717, 1.165) is 12.8 Å². The van der Waals surface area contributed by atoms with E-state index in [2.05, 4.69) is 15.6 Å². The van der Waals surface area contributed by atoms with Gasteiger partial charge in [0.2, 0.25) is 5.82 Å². The fourth-order valence-electron chi connectivity index (χ4n) is 3.31. The summed E-state index contributed by atoms with van der Waals surface area (Å²) in [6.45, 7) is 1.12. The molecule has 1 aliphatic rings. The normalized spacial score (nSPS) is 15.8. The lowest BCUT2D eigenvalue weighted by atomic mass is 10.2. The van der Waals surface area contributed by atoms with Crippen molar-refractivity contribution in [1.82, 2.24) is 14.7 Å². The van der Waals surface area contributed by atoms with Gasteiger partial charge in [-0.05, 0) is 43.2 Å². The number of benzene rings is 1. The number of fused-ring (bicyclic) bond motifs is 1. The van der Waals surface area contributed by atoms with Crippen molar-refractivity contribution in [1.29, 1.82) is 5.26 Å². The fourth-order valence-corrected chi connectivity index (χ4v) is 3.31. The summed E-state index contributed by atoms with van der Waals surface area (Å²) < 4.78 is 7.12. The molecule has 4 rings (SSSR count). The fraction of sp³-hybridized carbons (Fsp3) is 0.238. The van der Waals surface area contributed by atoms with E-state index in [1.807, 2.05) is 6.07 Å². The first kappa shape index (κ1) is 18.7. The van der Waals surface area contributed by atoms with Gasteiger partial charge in [0.25, 0.3) is 11.8 Å². The molecule has 3 aromatic rings. The lowest BCUT2D eigenvalue weighted by Gasteiger charge is -2.10. The average Bonchev–Trinajstić information content (AvgIpc) is 3.40. The third-order valence-corrected chi connectivity index (χ3v) is 4.73. The van der Waals surface area contributed by atoms with Crippen LogP contribution in [0.15, 0.2) is 48.7 Å². The molecule has 3 heterocycles. The Balaban J connectivity index is 1.58. The number of nitrogens with zero attached hydrogens (tertiary/aromatic N) is 3. The maximum absolute atomic E-state index is 12.8. The Labute approximate surface area is 167 Å². The first-order valence-electron chi connectivity index (χ1n) is 9.34. The van der Waals surface area contributed by atoms with Crippen LogP contribution in [0.2, 0.25) is 0 Å². The molecule has 0 bridgehead atoms. The number of aromatic nitrogens is 2. The van der Waals surface area contributed by atoms with Crippen molar-refractivity contribution in [2.75, 3.05) is 18.5 Å². The number of pyridine rings is 1. The molecule has 2 N–H and O–H groups in total. The van der Waals surface area contributed by atoms with Crippen molar-refractivity contribution in [3.8, 4) is 6.07 Å². The third-order valence-electron chi connectivity index (χ3n) is 4.73. The van der Waals surface area contributed by atoms with Gasteiger partial charge >= 0.3 is 0 Å². The van der Waals surface area contributed by atoms with E-state index in [1.165, 1.54) is 0 Å². The summed E-state index contributed by atoms with van der Waals surface area (Å²) in [6, 6.07) is 13.9. The highest BCUT2D eigenvalue weighted by Crippen LogP contribution is 2.17. The molecular weight excluding hydrogens is 370 g/mol. The minimum absolute atomic E-state index is 0.0142. The number of carbonyl (C=O) groups is 2. The van der Waals surface area contributed by atoms with Crippen LogP contribution in [0.25, 0.3) is 5.52 Å². The molecule has 1 fully saturated rings. The predicted octanol–water partition coefficient (Wildman–Crippen LogP) is 2.37. The van der Waals surface area contributed by atoms with E-state index in [4.69, 9.17) is 10.00 Å². The number of imidazole rings is 1. The Hall–Kier alpha value is -3.70. The molecule has 0 saturated carbocycles. The van der Waals surface area contributed by atoms with Gasteiger partial charge in [-0.15, -0.1) is 0 Å². The van der Waals surface area contributed by atoms with Crippen LogP contribution in [0.5, 0.6) is 0 Å². The number of nitrogens with one attached hydrogen (secondary N) is 2. The van der Waals surface area contributed by atoms with Gasteiger partial charge in [-0.2, -0.15) is 5.26 Å². The first-order valence-corrected chi connectivity index (χ1v) is 9.34. The SMILES string of the molecule is N#Cc1cccc(NC(=O)c2nc(C(=O)NCC3CCCO3)n3ccccc23)c1. The molecule has 1 atom stereocenters. The molecule has 8 nitrogen and oxygen atoms in total. The van der Waals surface area contributed by atoms with E-state index in [-0.39, 0.29) is 23.5 Å². The molecule has 0 aliphatic carbocycles. The van der Waals surface area contributed by atoms with Gasteiger partial charge in [-0.25, -0.2) is 4.98 Å². The van der Waals surface area contributed by atoms with Crippen LogP contribution in [0.4, 0.5) is 5.69 Å². The zero-order valence-corrected chi connectivity index (χ0v) is 15.6. The Bertz CT molecular complexity index is 1110. The van der Waals surface area contributed by atoms with Gasteiger partial charge in [0, 0.05) is 25.0 Å². The van der Waals surface area contributed by atoms with E-state index < -0.39 is 5.91 Å². The number of hydrogen-bond acceptors (Lipinski definition) is 5. The largest absolute Gasteiger partial charge is 0.376 e. The Morgan fingerprint density at radius 1 is 1.24 bits per heavy atom. The van der Waals surface area contributed by atoms with Gasteiger partial charge in [-0.3, -0.25) is 14.0 Å². The van der Waals surface area contributed by atoms with Crippen molar-refractivity contribution < 1.29 is 14.3 Å². The van der Waals surface area contributed by atoms with Crippen molar-refractivity contribution in [3.05, 3.63) is 65.7 Å². The second-order valence-electron chi connectivity index (χ2n) is 6.73. The summed E-state index contributed by atoms with van der Waals surface area (Å²) in [7, 11) is 0. The Morgan fingerprint density at radius 2 is 2.14 bits per heavy atom. The molecule has 1 unspecified atom stereocenters. The number of amides is 2. The monoisotopic (exact) mass is 389 g/mol. The second-order valence-corrected chi connectivity index (χ2v) is 6.73. The highest BCUT2D eigenvalue weighted by Gasteiger charge is 2.23. The molecule has 2 amide bonds. The van der Waals surface area contributed by atoms with E-state index >= 15 is 0 Å². The summed E-state index contributed by atoms with van der Waals surface area (Å²) in [6.07, 6.45) is 3.61. The van der Waals surface area contributed by atoms with Gasteiger partial charge in [0.05, 0.1) is 23.3 Å². The van der Waals surface area contributed by atoms with Crippen molar-refractivity contribution >= 4 is 23.0 Å². The number of carbonyl (C=O) groups excluding carboxylic acids is 2. The highest BCUT2D eigenvalue weighted by atomic mass is 16.5. The molecule has 29 heavy (non-hydrogen) atoms. The smallest absolute Gasteiger partial charge is 0.287 e. The third kappa shape index (κ3) is 3.95. The summed E-state index contributed by atoms with van der Waals surface area (Å²) in [5, 5.41) is 14.6. The molecular formula is C21H19N5O3. The lowest BCUT2D eigenvalue weighted by molar-refractivity contribution is 0.0848. The van der Waals surface area contributed by atoms with Crippen LogP contribution in [-0.4, -0.2) is 40.5 Å². The highest BCUT2D eigenvalue weighted by molar-refractivity contribution is 6.09. The predicted molar refractivity (Wildman–Crippen MR) is 106 cm³/mol. The van der Waals surface area contributed by atoms with Crippen LogP contribution >= 0.6 is 0 Å². The number of anilines is 1. The Morgan fingerprint density at radius 3 is 2.93 bits per heavy atom. The summed E-state index contributed by atoms with van der Waals surface area (Å²) in [4.78, 5) is 29.8. The van der Waals surface area contributed by atoms with Gasteiger partial charge in [0.1, 0.15) is 0 Å². The first-order chi connectivity index (χ1) is 14.2. The van der Waals surface area contributed by atoms with Gasteiger partial charge in [0.15, 0.2) is 5.69 Å². The standard InChI is InChI=1S/C21H19N5O3/c22-12-14-5-3-6-15(11-14)24-20(27)18-17-8-1-2-9-26(17)19(25-18)21(28)23-13-16-7-4-10-29-16/h1-3,5-6,8-9,11,16H,4,7,10,13H2,(H,23,28)(H,24,27). The number of nitriles is 1. The zero-order chi connectivity index (χ0) is 20.2. The van der Waals surface area contributed by atoms with Gasteiger partial charge < -0.3 is 15.4 Å².